The summed E-state index contributed by atoms with van der Waals surface area (Å²) in [6.07, 6.45) is 1.78. The topological polar surface area (TPSA) is 34.1 Å². The van der Waals surface area contributed by atoms with Crippen LogP contribution < -0.4 is 0 Å². The number of Topliss-reactive ketones (excluding diaryl/α,β-unsaturated/α-hetero) is 2. The van der Waals surface area contributed by atoms with Crippen molar-refractivity contribution in [2.75, 3.05) is 0 Å². The van der Waals surface area contributed by atoms with Crippen LogP contribution in [0.2, 0.25) is 0 Å². The molecule has 98 valence electrons. The lowest BCUT2D eigenvalue weighted by molar-refractivity contribution is -0.121. The molecule has 0 aliphatic heterocycles. The summed E-state index contributed by atoms with van der Waals surface area (Å²) in [5, 5.41) is 0. The minimum absolute atomic E-state index is 0.0176. The van der Waals surface area contributed by atoms with Gasteiger partial charge in [-0.1, -0.05) is 45.9 Å². The summed E-state index contributed by atoms with van der Waals surface area (Å²) < 4.78 is 0. The number of hydrogen-bond donors (Lipinski definition) is 0. The third-order valence-electron chi connectivity index (χ3n) is 3.29. The Bertz CT molecular complexity index is 444. The number of benzene rings is 1. The van der Waals surface area contributed by atoms with E-state index in [0.717, 1.165) is 24.0 Å². The zero-order valence-corrected chi connectivity index (χ0v) is 11.7. The molecule has 0 unspecified atom stereocenters. The Morgan fingerprint density at radius 2 is 1.78 bits per heavy atom. The zero-order chi connectivity index (χ0) is 13.7. The average molecular weight is 246 g/mol. The van der Waals surface area contributed by atoms with E-state index in [1.54, 1.807) is 0 Å². The first-order valence-corrected chi connectivity index (χ1v) is 6.67. The molecule has 1 aromatic carbocycles. The molecule has 0 aromatic heterocycles. The van der Waals surface area contributed by atoms with Crippen molar-refractivity contribution in [3.8, 4) is 0 Å². The Hall–Kier alpha value is -1.44. The lowest BCUT2D eigenvalue weighted by atomic mass is 9.92. The normalized spacial score (nSPS) is 10.7. The van der Waals surface area contributed by atoms with Crippen LogP contribution >= 0.6 is 0 Å². The van der Waals surface area contributed by atoms with Crippen molar-refractivity contribution >= 4 is 11.6 Å². The summed E-state index contributed by atoms with van der Waals surface area (Å²) in [7, 11) is 0. The van der Waals surface area contributed by atoms with Crippen molar-refractivity contribution in [2.45, 2.75) is 47.0 Å². The highest BCUT2D eigenvalue weighted by Gasteiger charge is 2.17. The molecule has 0 amide bonds. The molecular weight excluding hydrogens is 224 g/mol. The second kappa shape index (κ2) is 6.48. The maximum Gasteiger partial charge on any atom is 0.170 e. The van der Waals surface area contributed by atoms with Gasteiger partial charge in [-0.05, 0) is 24.0 Å². The van der Waals surface area contributed by atoms with Gasteiger partial charge in [0.1, 0.15) is 5.78 Å². The van der Waals surface area contributed by atoms with Crippen molar-refractivity contribution in [3.05, 3.63) is 34.9 Å². The van der Waals surface area contributed by atoms with Crippen molar-refractivity contribution in [3.63, 3.8) is 0 Å². The second-order valence-corrected chi connectivity index (χ2v) is 4.87. The number of rotatable bonds is 6. The van der Waals surface area contributed by atoms with Crippen molar-refractivity contribution in [1.82, 2.24) is 0 Å². The molecule has 18 heavy (non-hydrogen) atoms. The summed E-state index contributed by atoms with van der Waals surface area (Å²) >= 11 is 0. The lowest BCUT2D eigenvalue weighted by Crippen LogP contribution is -2.15. The monoisotopic (exact) mass is 246 g/mol. The maximum atomic E-state index is 12.2. The van der Waals surface area contributed by atoms with Gasteiger partial charge in [0.2, 0.25) is 0 Å². The van der Waals surface area contributed by atoms with Crippen molar-refractivity contribution in [1.29, 1.82) is 0 Å². The quantitative estimate of drug-likeness (QED) is 0.567. The Morgan fingerprint density at radius 1 is 1.11 bits per heavy atom. The standard InChI is InChI=1S/C16H22O2/c1-5-12-8-7-9-14(13(12)6-2)16(18)10-15(17)11(3)4/h7-9,11H,5-6,10H2,1-4H3. The van der Waals surface area contributed by atoms with Crippen LogP contribution in [0.15, 0.2) is 18.2 Å². The van der Waals surface area contributed by atoms with E-state index >= 15 is 0 Å². The van der Waals surface area contributed by atoms with Crippen LogP contribution in [0.1, 0.15) is 55.6 Å². The first-order chi connectivity index (χ1) is 8.51. The summed E-state index contributed by atoms with van der Waals surface area (Å²) in [6, 6.07) is 5.80. The van der Waals surface area contributed by atoms with Gasteiger partial charge in [0, 0.05) is 11.5 Å². The Labute approximate surface area is 109 Å². The molecule has 0 spiro atoms. The third-order valence-corrected chi connectivity index (χ3v) is 3.29. The van der Waals surface area contributed by atoms with E-state index in [-0.39, 0.29) is 23.9 Å². The van der Waals surface area contributed by atoms with Gasteiger partial charge >= 0.3 is 0 Å². The van der Waals surface area contributed by atoms with Gasteiger partial charge < -0.3 is 0 Å². The summed E-state index contributed by atoms with van der Waals surface area (Å²) in [6.45, 7) is 7.80. The number of carbonyl (C=O) groups is 2. The van der Waals surface area contributed by atoms with Crippen LogP contribution in [0.5, 0.6) is 0 Å². The molecule has 0 saturated carbocycles. The second-order valence-electron chi connectivity index (χ2n) is 4.87. The van der Waals surface area contributed by atoms with Gasteiger partial charge in [-0.25, -0.2) is 0 Å². The van der Waals surface area contributed by atoms with E-state index in [2.05, 4.69) is 19.9 Å². The highest BCUT2D eigenvalue weighted by molar-refractivity contribution is 6.09. The number of carbonyl (C=O) groups excluding carboxylic acids is 2. The molecule has 1 rings (SSSR count). The predicted molar refractivity (Wildman–Crippen MR) is 74.0 cm³/mol. The molecular formula is C16H22O2. The smallest absolute Gasteiger partial charge is 0.170 e. The highest BCUT2D eigenvalue weighted by atomic mass is 16.1. The number of hydrogen-bond acceptors (Lipinski definition) is 2. The van der Waals surface area contributed by atoms with E-state index in [1.165, 1.54) is 5.56 Å². The Kier molecular flexibility index (Phi) is 5.26. The van der Waals surface area contributed by atoms with Gasteiger partial charge in [-0.2, -0.15) is 0 Å². The van der Waals surface area contributed by atoms with Crippen LogP contribution in [0, 0.1) is 5.92 Å². The molecule has 0 heterocycles. The highest BCUT2D eigenvalue weighted by Crippen LogP contribution is 2.19. The molecule has 0 aliphatic rings. The van der Waals surface area contributed by atoms with Crippen LogP contribution in [-0.2, 0) is 17.6 Å². The SMILES string of the molecule is CCc1cccc(C(=O)CC(=O)C(C)C)c1CC. The van der Waals surface area contributed by atoms with Crippen LogP contribution in [0.25, 0.3) is 0 Å². The van der Waals surface area contributed by atoms with Crippen LogP contribution in [-0.4, -0.2) is 11.6 Å². The van der Waals surface area contributed by atoms with Gasteiger partial charge in [-0.3, -0.25) is 9.59 Å². The molecule has 0 radical (unpaired) electrons. The largest absolute Gasteiger partial charge is 0.299 e. The van der Waals surface area contributed by atoms with Crippen molar-refractivity contribution in [2.24, 2.45) is 5.92 Å². The molecule has 2 nitrogen and oxygen atoms in total. The number of aryl methyl sites for hydroxylation is 1. The van der Waals surface area contributed by atoms with Crippen LogP contribution in [0.3, 0.4) is 0 Å². The summed E-state index contributed by atoms with van der Waals surface area (Å²) in [4.78, 5) is 23.8. The van der Waals surface area contributed by atoms with Gasteiger partial charge in [0.25, 0.3) is 0 Å². The third kappa shape index (κ3) is 3.28. The molecule has 0 aliphatic carbocycles. The van der Waals surface area contributed by atoms with E-state index in [9.17, 15) is 9.59 Å². The average Bonchev–Trinajstić information content (AvgIpc) is 2.37. The Balaban J connectivity index is 3.02. The minimum atomic E-state index is -0.0756. The molecule has 0 saturated heterocycles. The van der Waals surface area contributed by atoms with E-state index in [0.29, 0.717) is 0 Å². The molecule has 0 bridgehead atoms. The molecule has 0 fully saturated rings. The first-order valence-electron chi connectivity index (χ1n) is 6.67. The fourth-order valence-corrected chi connectivity index (χ4v) is 2.10. The van der Waals surface area contributed by atoms with Crippen LogP contribution in [0.4, 0.5) is 0 Å². The molecule has 2 heteroatoms. The summed E-state index contributed by atoms with van der Waals surface area (Å²) in [5.74, 6) is -0.0989. The Morgan fingerprint density at radius 3 is 2.28 bits per heavy atom. The van der Waals surface area contributed by atoms with Gasteiger partial charge in [-0.15, -0.1) is 0 Å². The predicted octanol–water partition coefficient (Wildman–Crippen LogP) is 3.61. The van der Waals surface area contributed by atoms with Gasteiger partial charge in [0.05, 0.1) is 6.42 Å². The summed E-state index contributed by atoms with van der Waals surface area (Å²) in [5.41, 5.74) is 3.03. The molecule has 0 N–H and O–H groups in total. The van der Waals surface area contributed by atoms with Crippen molar-refractivity contribution < 1.29 is 9.59 Å². The zero-order valence-electron chi connectivity index (χ0n) is 11.7. The fraction of sp³-hybridized carbons (Fsp3) is 0.500. The minimum Gasteiger partial charge on any atom is -0.299 e. The maximum absolute atomic E-state index is 12.2. The van der Waals surface area contributed by atoms with E-state index in [1.807, 2.05) is 26.0 Å². The van der Waals surface area contributed by atoms with E-state index < -0.39 is 0 Å². The first kappa shape index (κ1) is 14.6. The van der Waals surface area contributed by atoms with E-state index in [4.69, 9.17) is 0 Å². The number of ketones is 2. The fourth-order valence-electron chi connectivity index (χ4n) is 2.10. The lowest BCUT2D eigenvalue weighted by Gasteiger charge is -2.12. The molecule has 0 atom stereocenters. The van der Waals surface area contributed by atoms with Gasteiger partial charge in [0.15, 0.2) is 5.78 Å². The molecule has 1 aromatic rings.